The predicted octanol–water partition coefficient (Wildman–Crippen LogP) is 5.33. The van der Waals surface area contributed by atoms with Gasteiger partial charge in [0.1, 0.15) is 5.82 Å². The second-order valence-corrected chi connectivity index (χ2v) is 9.86. The number of nitrogens with zero attached hydrogens (tertiary/aromatic N) is 4. The number of nitrogens with one attached hydrogen (secondary N) is 1. The Morgan fingerprint density at radius 2 is 1.82 bits per heavy atom. The van der Waals surface area contributed by atoms with Gasteiger partial charge in [0.25, 0.3) is 0 Å². The van der Waals surface area contributed by atoms with E-state index in [1.165, 1.54) is 42.2 Å². The number of aromatic amines is 1. The van der Waals surface area contributed by atoms with Gasteiger partial charge in [0, 0.05) is 22.7 Å². The van der Waals surface area contributed by atoms with E-state index in [9.17, 15) is 4.79 Å². The Balaban J connectivity index is 1.36. The van der Waals surface area contributed by atoms with E-state index in [1.807, 2.05) is 24.4 Å². The first kappa shape index (κ1) is 22.9. The van der Waals surface area contributed by atoms with Crippen LogP contribution in [0.3, 0.4) is 0 Å². The Labute approximate surface area is 204 Å². The fourth-order valence-electron chi connectivity index (χ4n) is 4.74. The van der Waals surface area contributed by atoms with Gasteiger partial charge in [-0.1, -0.05) is 73.6 Å². The molecule has 6 nitrogen and oxygen atoms in total. The molecule has 3 heterocycles. The van der Waals surface area contributed by atoms with Crippen molar-refractivity contribution in [3.63, 3.8) is 0 Å². The van der Waals surface area contributed by atoms with E-state index >= 15 is 0 Å². The minimum atomic E-state index is 0.108. The van der Waals surface area contributed by atoms with E-state index in [1.54, 1.807) is 0 Å². The van der Waals surface area contributed by atoms with E-state index in [2.05, 4.69) is 61.9 Å². The number of likely N-dealkylation sites (tertiary alicyclic amines) is 1. The van der Waals surface area contributed by atoms with Gasteiger partial charge in [-0.15, -0.1) is 10.2 Å². The molecule has 0 atom stereocenters. The van der Waals surface area contributed by atoms with Crippen molar-refractivity contribution in [1.29, 1.82) is 0 Å². The molecule has 2 aromatic carbocycles. The molecule has 34 heavy (non-hydrogen) atoms. The number of ketones is 1. The van der Waals surface area contributed by atoms with Gasteiger partial charge in [-0.05, 0) is 43.5 Å². The zero-order chi connectivity index (χ0) is 23.3. The zero-order valence-corrected chi connectivity index (χ0v) is 20.5. The summed E-state index contributed by atoms with van der Waals surface area (Å²) in [5.41, 5.74) is 4.25. The van der Waals surface area contributed by atoms with Crippen molar-refractivity contribution in [3.05, 3.63) is 77.2 Å². The lowest BCUT2D eigenvalue weighted by Gasteiger charge is -2.26. The lowest BCUT2D eigenvalue weighted by molar-refractivity contribution is 0.102. The molecule has 2 aromatic heterocycles. The van der Waals surface area contributed by atoms with Crippen LogP contribution in [-0.4, -0.2) is 49.3 Å². The fraction of sp³-hybridized carbons (Fsp3) is 0.370. The summed E-state index contributed by atoms with van der Waals surface area (Å²) in [6, 6.07) is 16.6. The zero-order valence-electron chi connectivity index (χ0n) is 19.7. The van der Waals surface area contributed by atoms with Crippen LogP contribution in [0.5, 0.6) is 0 Å². The largest absolute Gasteiger partial charge is 0.360 e. The van der Waals surface area contributed by atoms with Crippen molar-refractivity contribution in [2.24, 2.45) is 0 Å². The quantitative estimate of drug-likeness (QED) is 0.263. The molecule has 4 aromatic rings. The summed E-state index contributed by atoms with van der Waals surface area (Å²) >= 11 is 1.48. The Hall–Kier alpha value is -2.90. The molecule has 0 radical (unpaired) electrons. The van der Waals surface area contributed by atoms with Crippen LogP contribution in [0.4, 0.5) is 0 Å². The highest BCUT2D eigenvalue weighted by Gasteiger charge is 2.20. The third kappa shape index (κ3) is 4.95. The number of para-hydroxylation sites is 1. The van der Waals surface area contributed by atoms with Crippen molar-refractivity contribution in [2.75, 3.05) is 18.8 Å². The number of carbonyl (C=O) groups is 1. The number of carbonyl (C=O) groups excluding carboxylic acids is 1. The summed E-state index contributed by atoms with van der Waals surface area (Å²) in [4.78, 5) is 19.0. The number of fused-ring (bicyclic) bond motifs is 1. The number of Topliss-reactive ketones (excluding diaryl/α,β-unsaturated/α-hetero) is 1. The minimum absolute atomic E-state index is 0.108. The Morgan fingerprint density at radius 3 is 2.62 bits per heavy atom. The topological polar surface area (TPSA) is 66.8 Å². The van der Waals surface area contributed by atoms with Crippen molar-refractivity contribution in [3.8, 4) is 0 Å². The highest BCUT2D eigenvalue weighted by atomic mass is 32.2. The predicted molar refractivity (Wildman–Crippen MR) is 137 cm³/mol. The molecule has 1 N–H and O–H groups in total. The molecule has 7 heteroatoms. The van der Waals surface area contributed by atoms with Gasteiger partial charge in [-0.2, -0.15) is 0 Å². The van der Waals surface area contributed by atoms with E-state index in [-0.39, 0.29) is 5.78 Å². The van der Waals surface area contributed by atoms with Gasteiger partial charge in [0.2, 0.25) is 0 Å². The summed E-state index contributed by atoms with van der Waals surface area (Å²) in [6.07, 6.45) is 6.58. The van der Waals surface area contributed by atoms with Crippen LogP contribution in [0.25, 0.3) is 10.9 Å². The maximum atomic E-state index is 13.2. The number of rotatable bonds is 9. The first-order valence-electron chi connectivity index (χ1n) is 12.2. The summed E-state index contributed by atoms with van der Waals surface area (Å²) in [6.45, 7) is 5.87. The third-order valence-electron chi connectivity index (χ3n) is 6.61. The molecule has 0 saturated carbocycles. The van der Waals surface area contributed by atoms with Crippen LogP contribution >= 0.6 is 11.8 Å². The molecule has 1 saturated heterocycles. The van der Waals surface area contributed by atoms with Gasteiger partial charge in [0.15, 0.2) is 10.9 Å². The molecule has 5 rings (SSSR count). The number of thioether (sulfide) groups is 1. The first-order chi connectivity index (χ1) is 16.7. The van der Waals surface area contributed by atoms with Gasteiger partial charge >= 0.3 is 0 Å². The van der Waals surface area contributed by atoms with Crippen molar-refractivity contribution >= 4 is 28.4 Å². The molecule has 0 spiro atoms. The number of aromatic nitrogens is 4. The maximum absolute atomic E-state index is 13.2. The van der Waals surface area contributed by atoms with Crippen LogP contribution in [0.1, 0.15) is 53.5 Å². The Bertz CT molecular complexity index is 1260. The highest BCUT2D eigenvalue weighted by Crippen LogP contribution is 2.26. The number of hydrogen-bond donors (Lipinski definition) is 1. The average Bonchev–Trinajstić information content (AvgIpc) is 3.48. The minimum Gasteiger partial charge on any atom is -0.360 e. The molecule has 0 bridgehead atoms. The summed E-state index contributed by atoms with van der Waals surface area (Å²) in [5.74, 6) is 1.41. The second-order valence-electron chi connectivity index (χ2n) is 8.91. The lowest BCUT2D eigenvalue weighted by atomic mass is 10.1. The van der Waals surface area contributed by atoms with Crippen LogP contribution < -0.4 is 0 Å². The summed E-state index contributed by atoms with van der Waals surface area (Å²) in [5, 5.41) is 10.9. The standard InChI is InChI=1S/C27H31N5OS/c1-2-21-12-9-13-22-23(16-28-26(21)22)24(33)19-34-27-30-29-25(18-31-14-7-4-8-15-31)32(27)17-20-10-5-3-6-11-20/h3,5-6,9-13,16,28H,2,4,7-8,14-15,17-19H2,1H3. The van der Waals surface area contributed by atoms with Crippen LogP contribution in [0.2, 0.25) is 0 Å². The van der Waals surface area contributed by atoms with E-state index in [4.69, 9.17) is 0 Å². The number of benzene rings is 2. The molecule has 1 aliphatic rings. The number of H-pyrrole nitrogens is 1. The van der Waals surface area contributed by atoms with Crippen molar-refractivity contribution in [2.45, 2.75) is 50.9 Å². The van der Waals surface area contributed by atoms with Crippen LogP contribution in [0.15, 0.2) is 59.9 Å². The summed E-state index contributed by atoms with van der Waals surface area (Å²) in [7, 11) is 0. The van der Waals surface area contributed by atoms with Crippen LogP contribution in [0, 0.1) is 0 Å². The Morgan fingerprint density at radius 1 is 1.00 bits per heavy atom. The average molecular weight is 474 g/mol. The smallest absolute Gasteiger partial charge is 0.192 e. The summed E-state index contributed by atoms with van der Waals surface area (Å²) < 4.78 is 2.19. The van der Waals surface area contributed by atoms with E-state index in [0.29, 0.717) is 12.3 Å². The van der Waals surface area contributed by atoms with Gasteiger partial charge in [0.05, 0.1) is 18.8 Å². The third-order valence-corrected chi connectivity index (χ3v) is 7.57. The maximum Gasteiger partial charge on any atom is 0.192 e. The highest BCUT2D eigenvalue weighted by molar-refractivity contribution is 7.99. The van der Waals surface area contributed by atoms with Gasteiger partial charge in [-0.3, -0.25) is 9.69 Å². The Kier molecular flexibility index (Phi) is 7.11. The van der Waals surface area contributed by atoms with E-state index in [0.717, 1.165) is 53.5 Å². The molecule has 1 fully saturated rings. The number of aryl methyl sites for hydroxylation is 1. The molecule has 176 valence electrons. The monoisotopic (exact) mass is 473 g/mol. The molecule has 0 amide bonds. The molecule has 0 unspecified atom stereocenters. The second kappa shape index (κ2) is 10.6. The molecular weight excluding hydrogens is 442 g/mol. The van der Waals surface area contributed by atoms with Gasteiger partial charge in [-0.25, -0.2) is 0 Å². The van der Waals surface area contributed by atoms with Gasteiger partial charge < -0.3 is 9.55 Å². The molecule has 0 aliphatic carbocycles. The number of piperidine rings is 1. The first-order valence-corrected chi connectivity index (χ1v) is 13.1. The normalized spacial score (nSPS) is 14.6. The van der Waals surface area contributed by atoms with Crippen molar-refractivity contribution < 1.29 is 4.79 Å². The molecular formula is C27H31N5OS. The van der Waals surface area contributed by atoms with Crippen LogP contribution in [-0.2, 0) is 19.5 Å². The van der Waals surface area contributed by atoms with E-state index < -0.39 is 0 Å². The van der Waals surface area contributed by atoms with Crippen molar-refractivity contribution in [1.82, 2.24) is 24.6 Å². The fourth-order valence-corrected chi connectivity index (χ4v) is 5.58. The number of hydrogen-bond acceptors (Lipinski definition) is 5. The molecule has 1 aliphatic heterocycles. The SMILES string of the molecule is CCc1cccc2c(C(=O)CSc3nnc(CN4CCCCC4)n3Cc3ccccc3)c[nH]c12. The lowest BCUT2D eigenvalue weighted by Crippen LogP contribution is -2.30.